The van der Waals surface area contributed by atoms with E-state index >= 15 is 0 Å². The summed E-state index contributed by atoms with van der Waals surface area (Å²) in [4.78, 5) is 14.4. The highest BCUT2D eigenvalue weighted by atomic mass is 35.5. The zero-order valence-corrected chi connectivity index (χ0v) is 16.8. The van der Waals surface area contributed by atoms with Gasteiger partial charge in [0.25, 0.3) is 5.91 Å². The number of carbonyl (C=O) groups is 1. The van der Waals surface area contributed by atoms with Crippen LogP contribution in [0.4, 0.5) is 5.69 Å². The number of nitrogens with one attached hydrogen (secondary N) is 2. The predicted molar refractivity (Wildman–Crippen MR) is 107 cm³/mol. The van der Waals surface area contributed by atoms with Crippen molar-refractivity contribution in [3.8, 4) is 0 Å². The van der Waals surface area contributed by atoms with Gasteiger partial charge in [0.2, 0.25) is 0 Å². The molecule has 0 saturated heterocycles. The van der Waals surface area contributed by atoms with E-state index in [1.54, 1.807) is 28.4 Å². The third kappa shape index (κ3) is 4.76. The van der Waals surface area contributed by atoms with Crippen molar-refractivity contribution in [3.63, 3.8) is 0 Å². The van der Waals surface area contributed by atoms with E-state index in [0.717, 1.165) is 16.5 Å². The third-order valence-corrected chi connectivity index (χ3v) is 5.76. The molecule has 0 radical (unpaired) electrons. The largest absolute Gasteiger partial charge is 0.319 e. The van der Waals surface area contributed by atoms with Crippen molar-refractivity contribution in [1.82, 2.24) is 15.1 Å². The van der Waals surface area contributed by atoms with Crippen LogP contribution in [-0.2, 0) is 7.05 Å². The van der Waals surface area contributed by atoms with Gasteiger partial charge < -0.3 is 10.6 Å². The topological polar surface area (TPSA) is 59.0 Å². The van der Waals surface area contributed by atoms with Crippen LogP contribution in [0.3, 0.4) is 0 Å². The zero-order valence-electron chi connectivity index (χ0n) is 14.3. The molecule has 2 aliphatic carbocycles. The van der Waals surface area contributed by atoms with E-state index in [0.29, 0.717) is 12.0 Å². The van der Waals surface area contributed by atoms with Gasteiger partial charge in [-0.05, 0) is 50.3 Å². The first-order valence-corrected chi connectivity index (χ1v) is 9.05. The monoisotopic (exact) mass is 402 g/mol. The molecule has 2 N–H and O–H groups in total. The van der Waals surface area contributed by atoms with E-state index < -0.39 is 0 Å². The number of halogens is 2. The molecule has 0 unspecified atom stereocenters. The number of hydrogen-bond donors (Lipinski definition) is 2. The van der Waals surface area contributed by atoms with E-state index in [1.807, 2.05) is 7.05 Å². The fourth-order valence-electron chi connectivity index (χ4n) is 3.06. The van der Waals surface area contributed by atoms with Crippen molar-refractivity contribution in [2.45, 2.75) is 38.1 Å². The first kappa shape index (κ1) is 20.2. The Balaban J connectivity index is 0.00000113. The molecule has 2 aliphatic rings. The Morgan fingerprint density at radius 3 is 2.80 bits per heavy atom. The first-order valence-electron chi connectivity index (χ1n) is 8.24. The summed E-state index contributed by atoms with van der Waals surface area (Å²) in [6.45, 7) is 3.29. The van der Waals surface area contributed by atoms with Gasteiger partial charge in [0, 0.05) is 30.1 Å². The van der Waals surface area contributed by atoms with Crippen LogP contribution in [0.5, 0.6) is 0 Å². The first-order chi connectivity index (χ1) is 11.1. The van der Waals surface area contributed by atoms with E-state index in [4.69, 9.17) is 0 Å². The molecule has 2 saturated carbocycles. The summed E-state index contributed by atoms with van der Waals surface area (Å²) in [6, 6.07) is 2.69. The summed E-state index contributed by atoms with van der Waals surface area (Å²) in [5.41, 5.74) is 2.08. The molecule has 0 spiro atoms. The van der Waals surface area contributed by atoms with Crippen molar-refractivity contribution >= 4 is 47.7 Å². The highest BCUT2D eigenvalue weighted by molar-refractivity contribution is 7.14. The maximum Gasteiger partial charge on any atom is 0.265 e. The second kappa shape index (κ2) is 8.08. The van der Waals surface area contributed by atoms with E-state index in [2.05, 4.69) is 28.7 Å². The molecule has 0 aliphatic heterocycles. The number of rotatable bonds is 6. The number of aromatic nitrogens is 2. The summed E-state index contributed by atoms with van der Waals surface area (Å²) in [6.07, 6.45) is 7.45. The molecule has 2 atom stereocenters. The number of hydrogen-bond acceptors (Lipinski definition) is 4. The van der Waals surface area contributed by atoms with Gasteiger partial charge in [-0.1, -0.05) is 0 Å². The summed E-state index contributed by atoms with van der Waals surface area (Å²) >= 11 is 1.59. The quantitative estimate of drug-likeness (QED) is 0.773. The summed E-state index contributed by atoms with van der Waals surface area (Å²) in [5, 5.41) is 10.7. The van der Waals surface area contributed by atoms with Crippen molar-refractivity contribution in [2.24, 2.45) is 13.0 Å². The van der Waals surface area contributed by atoms with Crippen LogP contribution in [0, 0.1) is 12.8 Å². The van der Waals surface area contributed by atoms with Crippen molar-refractivity contribution in [2.75, 3.05) is 11.9 Å². The Morgan fingerprint density at radius 2 is 2.16 bits per heavy atom. The van der Waals surface area contributed by atoms with Crippen LogP contribution in [0.25, 0.3) is 0 Å². The maximum absolute atomic E-state index is 12.4. The number of nitrogens with zero attached hydrogens (tertiary/aromatic N) is 2. The molecule has 25 heavy (non-hydrogen) atoms. The van der Waals surface area contributed by atoms with Gasteiger partial charge in [-0.15, -0.1) is 36.2 Å². The number of aryl methyl sites for hydroxylation is 2. The lowest BCUT2D eigenvalue weighted by atomic mass is 10.1. The smallest absolute Gasteiger partial charge is 0.265 e. The van der Waals surface area contributed by atoms with Crippen molar-refractivity contribution in [1.29, 1.82) is 0 Å². The van der Waals surface area contributed by atoms with E-state index in [1.165, 1.54) is 36.2 Å². The van der Waals surface area contributed by atoms with Gasteiger partial charge in [-0.2, -0.15) is 5.10 Å². The lowest BCUT2D eigenvalue weighted by Crippen LogP contribution is -2.20. The molecule has 2 aromatic rings. The lowest BCUT2D eigenvalue weighted by Gasteiger charge is -2.02. The molecule has 138 valence electrons. The van der Waals surface area contributed by atoms with Gasteiger partial charge in [0.1, 0.15) is 0 Å². The number of carbonyl (C=O) groups excluding carboxylic acids is 1. The normalized spacial score (nSPS) is 21.2. The lowest BCUT2D eigenvalue weighted by molar-refractivity contribution is 0.103. The highest BCUT2D eigenvalue weighted by Gasteiger charge is 2.40. The molecule has 2 aromatic heterocycles. The summed E-state index contributed by atoms with van der Waals surface area (Å²) in [5.74, 6) is 1.46. The van der Waals surface area contributed by atoms with Gasteiger partial charge in [-0.3, -0.25) is 9.48 Å². The maximum atomic E-state index is 12.4. The van der Waals surface area contributed by atoms with Crippen LogP contribution in [-0.4, -0.2) is 28.3 Å². The van der Waals surface area contributed by atoms with Crippen LogP contribution >= 0.6 is 36.2 Å². The average molecular weight is 403 g/mol. The minimum absolute atomic E-state index is 0. The van der Waals surface area contributed by atoms with Crippen LogP contribution in [0.1, 0.15) is 45.3 Å². The Kier molecular flexibility index (Phi) is 6.54. The molecule has 1 amide bonds. The van der Waals surface area contributed by atoms with Gasteiger partial charge >= 0.3 is 0 Å². The molecule has 0 aromatic carbocycles. The van der Waals surface area contributed by atoms with Crippen molar-refractivity contribution in [3.05, 3.63) is 33.8 Å². The molecule has 2 heterocycles. The zero-order chi connectivity index (χ0) is 16.0. The molecule has 5 nitrogen and oxygen atoms in total. The standard InChI is InChI=1S/C17H22N4OS.2ClH/c1-10-13(14-5-15(14)18-7-11-3-4-11)6-16(23-10)17(22)20-12-8-19-21(2)9-12;;/h6,8-9,11,14-15,18H,3-5,7H2,1-2H3,(H,20,22);2*1H/t14-,15+;;/m0../s1. The van der Waals surface area contributed by atoms with E-state index in [-0.39, 0.29) is 30.7 Å². The van der Waals surface area contributed by atoms with Gasteiger partial charge in [0.15, 0.2) is 0 Å². The Labute approximate surface area is 164 Å². The van der Waals surface area contributed by atoms with Gasteiger partial charge in [-0.25, -0.2) is 0 Å². The SMILES string of the molecule is Cc1sc(C(=O)Nc2cnn(C)c2)cc1[C@@H]1C[C@H]1NCC1CC1.Cl.Cl. The molecule has 0 bridgehead atoms. The second-order valence-corrected chi connectivity index (χ2v) is 8.04. The average Bonchev–Trinajstić information content (AvgIpc) is 3.41. The fourth-order valence-corrected chi connectivity index (χ4v) is 4.05. The molecule has 8 heteroatoms. The Bertz CT molecular complexity index is 741. The van der Waals surface area contributed by atoms with Crippen molar-refractivity contribution < 1.29 is 4.79 Å². The highest BCUT2D eigenvalue weighted by Crippen LogP contribution is 2.45. The molecule has 4 rings (SSSR count). The number of amides is 1. The van der Waals surface area contributed by atoms with Crippen LogP contribution in [0.15, 0.2) is 18.5 Å². The number of anilines is 1. The summed E-state index contributed by atoms with van der Waals surface area (Å²) < 4.78 is 1.68. The fraction of sp³-hybridized carbons (Fsp3) is 0.529. The molecule has 2 fully saturated rings. The molecular weight excluding hydrogens is 379 g/mol. The Hall–Kier alpha value is -1.08. The molecular formula is C17H24Cl2N4OS. The number of thiophene rings is 1. The van der Waals surface area contributed by atoms with E-state index in [9.17, 15) is 4.79 Å². The minimum atomic E-state index is -0.0412. The third-order valence-electron chi connectivity index (χ3n) is 4.70. The second-order valence-electron chi connectivity index (χ2n) is 6.78. The summed E-state index contributed by atoms with van der Waals surface area (Å²) in [7, 11) is 1.84. The predicted octanol–water partition coefficient (Wildman–Crippen LogP) is 3.74. The minimum Gasteiger partial charge on any atom is -0.319 e. The van der Waals surface area contributed by atoms with Crippen LogP contribution < -0.4 is 10.6 Å². The van der Waals surface area contributed by atoms with Crippen LogP contribution in [0.2, 0.25) is 0 Å². The Morgan fingerprint density at radius 1 is 1.40 bits per heavy atom. The van der Waals surface area contributed by atoms with Gasteiger partial charge in [0.05, 0.1) is 16.8 Å².